The predicted molar refractivity (Wildman–Crippen MR) is 76.9 cm³/mol. The van der Waals surface area contributed by atoms with Gasteiger partial charge in [0.05, 0.1) is 0 Å². The first-order valence-electron chi connectivity index (χ1n) is 6.16. The largest absolute Gasteiger partial charge is 0.410 e. The summed E-state index contributed by atoms with van der Waals surface area (Å²) in [5, 5.41) is 12.8. The Hall–Kier alpha value is -2.61. The van der Waals surface area contributed by atoms with Gasteiger partial charge in [-0.3, -0.25) is 0 Å². The minimum absolute atomic E-state index is 0.599. The molecule has 19 heavy (non-hydrogen) atoms. The summed E-state index contributed by atoms with van der Waals surface area (Å²) >= 11 is 0. The van der Waals surface area contributed by atoms with Crippen molar-refractivity contribution in [3.8, 4) is 11.1 Å². The Morgan fingerprint density at radius 3 is 2.16 bits per heavy atom. The van der Waals surface area contributed by atoms with Gasteiger partial charge in [-0.25, -0.2) is 0 Å². The molecule has 1 N–H and O–H groups in total. The number of hydrogen-bond acceptors (Lipinski definition) is 2. The second-order valence-corrected chi connectivity index (χ2v) is 4.34. The molecule has 2 aliphatic carbocycles. The van der Waals surface area contributed by atoms with Gasteiger partial charge in [0, 0.05) is 11.1 Å². The Balaban J connectivity index is 2.16. The van der Waals surface area contributed by atoms with Gasteiger partial charge in [0.2, 0.25) is 0 Å². The molecular formula is C17H13NO. The van der Waals surface area contributed by atoms with Gasteiger partial charge >= 0.3 is 0 Å². The van der Waals surface area contributed by atoms with Gasteiger partial charge in [-0.2, -0.15) is 0 Å². The fourth-order valence-corrected chi connectivity index (χ4v) is 2.28. The molecule has 0 atom stereocenters. The summed E-state index contributed by atoms with van der Waals surface area (Å²) in [6, 6.07) is 23.8. The first-order chi connectivity index (χ1) is 9.40. The zero-order chi connectivity index (χ0) is 13.1. The Kier molecular flexibility index (Phi) is 2.99. The van der Waals surface area contributed by atoms with Crippen molar-refractivity contribution in [3.05, 3.63) is 83.9 Å². The average molecular weight is 247 g/mol. The number of fused-ring (bicyclic) bond motifs is 1. The molecule has 0 aromatic heterocycles. The van der Waals surface area contributed by atoms with Crippen LogP contribution >= 0.6 is 0 Å². The predicted octanol–water partition coefficient (Wildman–Crippen LogP) is 4.02. The zero-order valence-electron chi connectivity index (χ0n) is 10.3. The van der Waals surface area contributed by atoms with Crippen LogP contribution < -0.4 is 0 Å². The Morgan fingerprint density at radius 2 is 1.42 bits per heavy atom. The molecular weight excluding hydrogens is 234 g/mol. The molecule has 0 heterocycles. The molecule has 0 saturated heterocycles. The SMILES string of the molecule is O/N=C(\c1ccccc1)c1ccc2cccccc1-2. The molecule has 3 rings (SSSR count). The van der Waals surface area contributed by atoms with E-state index >= 15 is 0 Å². The summed E-state index contributed by atoms with van der Waals surface area (Å²) in [7, 11) is 0. The van der Waals surface area contributed by atoms with Crippen molar-refractivity contribution in [2.24, 2.45) is 5.16 Å². The number of nitrogens with zero attached hydrogens (tertiary/aromatic N) is 1. The van der Waals surface area contributed by atoms with E-state index < -0.39 is 0 Å². The van der Waals surface area contributed by atoms with E-state index in [2.05, 4.69) is 11.2 Å². The first kappa shape index (κ1) is 11.5. The van der Waals surface area contributed by atoms with E-state index in [-0.39, 0.29) is 0 Å². The quantitative estimate of drug-likeness (QED) is 0.414. The second-order valence-electron chi connectivity index (χ2n) is 4.34. The third-order valence-electron chi connectivity index (χ3n) is 3.19. The van der Waals surface area contributed by atoms with Gasteiger partial charge in [-0.05, 0) is 11.1 Å². The van der Waals surface area contributed by atoms with E-state index in [0.717, 1.165) is 22.3 Å². The van der Waals surface area contributed by atoms with E-state index in [9.17, 15) is 5.21 Å². The van der Waals surface area contributed by atoms with E-state index in [0.29, 0.717) is 5.71 Å². The Labute approximate surface area is 112 Å². The van der Waals surface area contributed by atoms with Crippen molar-refractivity contribution in [1.29, 1.82) is 0 Å². The van der Waals surface area contributed by atoms with E-state index in [1.165, 1.54) is 0 Å². The van der Waals surface area contributed by atoms with Crippen LogP contribution in [0.25, 0.3) is 11.1 Å². The minimum atomic E-state index is 0.599. The van der Waals surface area contributed by atoms with Crippen molar-refractivity contribution >= 4 is 5.71 Å². The van der Waals surface area contributed by atoms with Crippen LogP contribution in [0.15, 0.2) is 78.0 Å². The second kappa shape index (κ2) is 4.94. The Morgan fingerprint density at radius 1 is 0.737 bits per heavy atom. The van der Waals surface area contributed by atoms with Crippen LogP contribution in [0.3, 0.4) is 0 Å². The van der Waals surface area contributed by atoms with Crippen LogP contribution in [0.5, 0.6) is 0 Å². The molecule has 1 aromatic rings. The first-order valence-corrected chi connectivity index (χ1v) is 6.16. The van der Waals surface area contributed by atoms with Crippen LogP contribution in [0.4, 0.5) is 0 Å². The van der Waals surface area contributed by atoms with Crippen molar-refractivity contribution in [3.63, 3.8) is 0 Å². The molecule has 2 nitrogen and oxygen atoms in total. The maximum Gasteiger partial charge on any atom is 0.117 e. The van der Waals surface area contributed by atoms with Gasteiger partial charge in [-0.1, -0.05) is 78.0 Å². The molecule has 2 heteroatoms. The molecule has 0 unspecified atom stereocenters. The third kappa shape index (κ3) is 2.08. The fraction of sp³-hybridized carbons (Fsp3) is 0. The molecule has 0 fully saturated rings. The summed E-state index contributed by atoms with van der Waals surface area (Å²) in [5.74, 6) is 0. The summed E-state index contributed by atoms with van der Waals surface area (Å²) in [6.45, 7) is 0. The normalized spacial score (nSPS) is 11.7. The van der Waals surface area contributed by atoms with E-state index in [1.807, 2.05) is 66.7 Å². The van der Waals surface area contributed by atoms with Crippen molar-refractivity contribution in [2.45, 2.75) is 0 Å². The summed E-state index contributed by atoms with van der Waals surface area (Å²) in [6.07, 6.45) is 0. The number of hydrogen-bond donors (Lipinski definition) is 1. The Bertz CT molecular complexity index is 689. The van der Waals surface area contributed by atoms with E-state index in [1.54, 1.807) is 0 Å². The lowest BCUT2D eigenvalue weighted by atomic mass is 10.0. The number of benzene rings is 1. The summed E-state index contributed by atoms with van der Waals surface area (Å²) in [5.41, 5.74) is 4.67. The highest BCUT2D eigenvalue weighted by Gasteiger charge is 2.15. The molecule has 0 radical (unpaired) electrons. The number of oxime groups is 1. The molecule has 2 aliphatic rings. The van der Waals surface area contributed by atoms with Gasteiger partial charge in [-0.15, -0.1) is 0 Å². The lowest BCUT2D eigenvalue weighted by Crippen LogP contribution is -2.02. The van der Waals surface area contributed by atoms with Crippen LogP contribution in [-0.4, -0.2) is 10.9 Å². The zero-order valence-corrected chi connectivity index (χ0v) is 10.3. The molecule has 0 saturated carbocycles. The van der Waals surface area contributed by atoms with Gasteiger partial charge < -0.3 is 5.21 Å². The van der Waals surface area contributed by atoms with Gasteiger partial charge in [0.1, 0.15) is 5.71 Å². The minimum Gasteiger partial charge on any atom is -0.410 e. The fourth-order valence-electron chi connectivity index (χ4n) is 2.28. The highest BCUT2D eigenvalue weighted by molar-refractivity contribution is 6.16. The molecule has 92 valence electrons. The lowest BCUT2D eigenvalue weighted by Gasteiger charge is -2.05. The topological polar surface area (TPSA) is 32.6 Å². The maximum absolute atomic E-state index is 9.36. The molecule has 0 amide bonds. The summed E-state index contributed by atoms with van der Waals surface area (Å²) < 4.78 is 0. The van der Waals surface area contributed by atoms with Crippen LogP contribution in [0.2, 0.25) is 0 Å². The van der Waals surface area contributed by atoms with E-state index in [4.69, 9.17) is 0 Å². The average Bonchev–Trinajstić information content (AvgIpc) is 2.71. The molecule has 0 spiro atoms. The summed E-state index contributed by atoms with van der Waals surface area (Å²) in [4.78, 5) is 0. The third-order valence-corrected chi connectivity index (χ3v) is 3.19. The monoisotopic (exact) mass is 247 g/mol. The standard InChI is InChI=1S/C17H13NO/c19-18-17(14-8-4-1-5-9-14)16-12-11-13-7-3-2-6-10-15(13)16/h1-12,19H/b18-17+. The van der Waals surface area contributed by atoms with Crippen LogP contribution in [0.1, 0.15) is 11.1 Å². The van der Waals surface area contributed by atoms with Gasteiger partial charge in [0.25, 0.3) is 0 Å². The highest BCUT2D eigenvalue weighted by atomic mass is 16.4. The van der Waals surface area contributed by atoms with Crippen LogP contribution in [0, 0.1) is 0 Å². The maximum atomic E-state index is 9.36. The van der Waals surface area contributed by atoms with Gasteiger partial charge in [0.15, 0.2) is 0 Å². The molecule has 0 bridgehead atoms. The van der Waals surface area contributed by atoms with Crippen molar-refractivity contribution in [2.75, 3.05) is 0 Å². The molecule has 1 aromatic carbocycles. The highest BCUT2D eigenvalue weighted by Crippen LogP contribution is 2.28. The van der Waals surface area contributed by atoms with Crippen LogP contribution in [-0.2, 0) is 0 Å². The van der Waals surface area contributed by atoms with Crippen molar-refractivity contribution < 1.29 is 5.21 Å². The number of rotatable bonds is 2. The van der Waals surface area contributed by atoms with Crippen molar-refractivity contribution in [1.82, 2.24) is 0 Å². The molecule has 0 aliphatic heterocycles. The smallest absolute Gasteiger partial charge is 0.117 e. The lowest BCUT2D eigenvalue weighted by molar-refractivity contribution is 0.319.